The first-order chi connectivity index (χ1) is 9.38. The number of allylic oxidation sites excluding steroid dienone is 1. The van der Waals surface area contributed by atoms with Gasteiger partial charge in [-0.15, -0.1) is 0 Å². The van der Waals surface area contributed by atoms with E-state index in [1.54, 1.807) is 0 Å². The van der Waals surface area contributed by atoms with Crippen molar-refractivity contribution < 1.29 is 4.58 Å². The molecule has 0 aromatic heterocycles. The molecule has 1 atom stereocenters. The van der Waals surface area contributed by atoms with Crippen LogP contribution in [0.1, 0.15) is 24.1 Å². The van der Waals surface area contributed by atoms with E-state index in [1.165, 1.54) is 16.7 Å². The molecule has 2 aromatic rings. The Hall–Kier alpha value is -2.15. The first-order valence-corrected chi connectivity index (χ1v) is 6.81. The van der Waals surface area contributed by atoms with E-state index in [0.29, 0.717) is 6.04 Å². The molecule has 0 fully saturated rings. The van der Waals surface area contributed by atoms with Crippen LogP contribution >= 0.6 is 0 Å². The quantitative estimate of drug-likeness (QED) is 0.724. The van der Waals surface area contributed by atoms with E-state index in [4.69, 9.17) is 0 Å². The van der Waals surface area contributed by atoms with Crippen molar-refractivity contribution in [1.82, 2.24) is 0 Å². The molecular weight excluding hydrogens is 230 g/mol. The van der Waals surface area contributed by atoms with Gasteiger partial charge in [0.15, 0.2) is 12.3 Å². The fourth-order valence-electron chi connectivity index (χ4n) is 2.60. The average molecular weight is 248 g/mol. The Kier molecular flexibility index (Phi) is 3.28. The van der Waals surface area contributed by atoms with E-state index in [1.807, 2.05) is 0 Å². The van der Waals surface area contributed by atoms with Crippen LogP contribution in [0.15, 0.2) is 66.7 Å². The van der Waals surface area contributed by atoms with Crippen LogP contribution in [0.2, 0.25) is 0 Å². The van der Waals surface area contributed by atoms with Gasteiger partial charge in [-0.05, 0) is 12.5 Å². The largest absolute Gasteiger partial charge is 0.225 e. The molecule has 2 aromatic carbocycles. The number of likely N-dealkylation sites (N-methyl/N-ethyl adjacent to an activating group) is 1. The van der Waals surface area contributed by atoms with Crippen molar-refractivity contribution in [3.8, 4) is 0 Å². The number of rotatable bonds is 3. The van der Waals surface area contributed by atoms with Crippen LogP contribution in [0.4, 0.5) is 0 Å². The summed E-state index contributed by atoms with van der Waals surface area (Å²) in [6.45, 7) is 3.22. The summed E-state index contributed by atoms with van der Waals surface area (Å²) in [5, 5.41) is 0. The van der Waals surface area contributed by atoms with E-state index in [9.17, 15) is 0 Å². The van der Waals surface area contributed by atoms with Gasteiger partial charge in [-0.25, -0.2) is 4.58 Å². The molecule has 1 nitrogen and oxygen atoms in total. The van der Waals surface area contributed by atoms with Crippen LogP contribution in [0.25, 0.3) is 5.57 Å². The zero-order valence-electron chi connectivity index (χ0n) is 11.2. The predicted molar refractivity (Wildman–Crippen MR) is 80.5 cm³/mol. The van der Waals surface area contributed by atoms with Gasteiger partial charge < -0.3 is 0 Å². The minimum Gasteiger partial charge on any atom is -0.225 e. The Bertz CT molecular complexity index is 609. The fraction of sp³-hybridized carbons (Fsp3) is 0.167. The normalized spacial score (nSPS) is 18.1. The molecule has 1 unspecified atom stereocenters. The maximum absolute atomic E-state index is 2.39. The summed E-state index contributed by atoms with van der Waals surface area (Å²) in [7, 11) is 0. The Morgan fingerprint density at radius 1 is 0.895 bits per heavy atom. The number of benzene rings is 2. The van der Waals surface area contributed by atoms with Gasteiger partial charge in [-0.1, -0.05) is 60.7 Å². The Balaban J connectivity index is 1.99. The summed E-state index contributed by atoms with van der Waals surface area (Å²) in [5.41, 5.74) is 3.96. The first kappa shape index (κ1) is 11.9. The molecule has 1 aliphatic heterocycles. The second kappa shape index (κ2) is 5.23. The first-order valence-electron chi connectivity index (χ1n) is 6.81. The van der Waals surface area contributed by atoms with Crippen LogP contribution in [0, 0.1) is 0 Å². The van der Waals surface area contributed by atoms with Crippen molar-refractivity contribution in [2.75, 3.05) is 6.54 Å². The van der Waals surface area contributed by atoms with E-state index in [0.717, 1.165) is 6.54 Å². The van der Waals surface area contributed by atoms with E-state index in [-0.39, 0.29) is 0 Å². The molecule has 94 valence electrons. The molecule has 1 heteroatoms. The molecule has 0 saturated carbocycles. The molecule has 0 aliphatic carbocycles. The molecule has 19 heavy (non-hydrogen) atoms. The molecule has 0 spiro atoms. The van der Waals surface area contributed by atoms with Gasteiger partial charge in [0.25, 0.3) is 0 Å². The third-order valence-corrected chi connectivity index (χ3v) is 3.61. The van der Waals surface area contributed by atoms with Crippen molar-refractivity contribution in [3.05, 3.63) is 77.9 Å². The second-order valence-electron chi connectivity index (χ2n) is 4.80. The number of hydrogen-bond acceptors (Lipinski definition) is 0. The Morgan fingerprint density at radius 2 is 1.53 bits per heavy atom. The summed E-state index contributed by atoms with van der Waals surface area (Å²) in [4.78, 5) is 0. The molecule has 1 heterocycles. The topological polar surface area (TPSA) is 3.01 Å². The third-order valence-electron chi connectivity index (χ3n) is 3.61. The lowest BCUT2D eigenvalue weighted by molar-refractivity contribution is -0.549. The van der Waals surface area contributed by atoms with Gasteiger partial charge in [0.1, 0.15) is 6.54 Å². The maximum Gasteiger partial charge on any atom is 0.197 e. The number of nitrogens with zero attached hydrogens (tertiary/aromatic N) is 1. The maximum atomic E-state index is 2.39. The van der Waals surface area contributed by atoms with Crippen molar-refractivity contribution in [2.45, 2.75) is 13.0 Å². The van der Waals surface area contributed by atoms with Gasteiger partial charge in [-0.3, -0.25) is 0 Å². The molecule has 0 amide bonds. The molecule has 0 bridgehead atoms. The van der Waals surface area contributed by atoms with Crippen molar-refractivity contribution in [3.63, 3.8) is 0 Å². The van der Waals surface area contributed by atoms with Crippen LogP contribution in [0.5, 0.6) is 0 Å². The fourth-order valence-corrected chi connectivity index (χ4v) is 2.60. The van der Waals surface area contributed by atoms with Crippen LogP contribution in [-0.2, 0) is 0 Å². The monoisotopic (exact) mass is 248 g/mol. The van der Waals surface area contributed by atoms with Gasteiger partial charge in [0.2, 0.25) is 0 Å². The summed E-state index contributed by atoms with van der Waals surface area (Å²) < 4.78 is 2.39. The predicted octanol–water partition coefficient (Wildman–Crippen LogP) is 3.93. The summed E-state index contributed by atoms with van der Waals surface area (Å²) in [5.74, 6) is 0. The highest BCUT2D eigenvalue weighted by Crippen LogP contribution is 2.28. The average Bonchev–Trinajstić information content (AvgIpc) is 2.93. The van der Waals surface area contributed by atoms with E-state index < -0.39 is 0 Å². The van der Waals surface area contributed by atoms with Crippen molar-refractivity contribution in [2.24, 2.45) is 0 Å². The second-order valence-corrected chi connectivity index (χ2v) is 4.80. The van der Waals surface area contributed by atoms with Crippen molar-refractivity contribution >= 4 is 11.8 Å². The highest BCUT2D eigenvalue weighted by molar-refractivity contribution is 6.08. The van der Waals surface area contributed by atoms with E-state index in [2.05, 4.69) is 84.5 Å². The van der Waals surface area contributed by atoms with Crippen LogP contribution in [0.3, 0.4) is 0 Å². The minimum atomic E-state index is 0.362. The SMILES string of the molecule is CC[N+]1=CC(c2ccccc2)=CC1c1ccccc1. The minimum absolute atomic E-state index is 0.362. The molecule has 0 saturated heterocycles. The molecule has 3 rings (SSSR count). The van der Waals surface area contributed by atoms with Gasteiger partial charge in [0.05, 0.1) is 0 Å². The van der Waals surface area contributed by atoms with Crippen LogP contribution in [-0.4, -0.2) is 17.3 Å². The Morgan fingerprint density at radius 3 is 2.16 bits per heavy atom. The van der Waals surface area contributed by atoms with E-state index >= 15 is 0 Å². The molecule has 1 aliphatic rings. The van der Waals surface area contributed by atoms with Crippen molar-refractivity contribution in [1.29, 1.82) is 0 Å². The Labute approximate surface area is 114 Å². The zero-order valence-corrected chi connectivity index (χ0v) is 11.2. The zero-order chi connectivity index (χ0) is 13.1. The van der Waals surface area contributed by atoms with Gasteiger partial charge >= 0.3 is 0 Å². The molecule has 0 radical (unpaired) electrons. The number of hydrogen-bond donors (Lipinski definition) is 0. The third kappa shape index (κ3) is 2.37. The standard InChI is InChI=1S/C18H18N/c1-2-19-14-17(15-9-5-3-6-10-15)13-18(19)16-11-7-4-8-12-16/h3-14,18H,2H2,1H3/q+1. The smallest absolute Gasteiger partial charge is 0.197 e. The van der Waals surface area contributed by atoms with Gasteiger partial charge in [-0.2, -0.15) is 0 Å². The van der Waals surface area contributed by atoms with Gasteiger partial charge in [0, 0.05) is 17.2 Å². The molecule has 0 N–H and O–H groups in total. The summed E-state index contributed by atoms with van der Waals surface area (Å²) >= 11 is 0. The lowest BCUT2D eigenvalue weighted by Gasteiger charge is -2.07. The lowest BCUT2D eigenvalue weighted by atomic mass is 10.0. The summed E-state index contributed by atoms with van der Waals surface area (Å²) in [6, 6.07) is 21.6. The molecular formula is C18H18N+. The highest BCUT2D eigenvalue weighted by atomic mass is 15.0. The highest BCUT2D eigenvalue weighted by Gasteiger charge is 2.26. The summed E-state index contributed by atoms with van der Waals surface area (Å²) in [6.07, 6.45) is 4.63. The van der Waals surface area contributed by atoms with Crippen LogP contribution < -0.4 is 0 Å². The lowest BCUT2D eigenvalue weighted by Crippen LogP contribution is -2.14.